The van der Waals surface area contributed by atoms with Crippen LogP contribution in [0.5, 0.6) is 0 Å². The smallest absolute Gasteiger partial charge is 0.229 e. The number of pyridine rings is 1. The van der Waals surface area contributed by atoms with E-state index in [2.05, 4.69) is 20.6 Å². The van der Waals surface area contributed by atoms with Crippen LogP contribution in [0.25, 0.3) is 22.3 Å². The predicted octanol–water partition coefficient (Wildman–Crippen LogP) is 3.47. The van der Waals surface area contributed by atoms with E-state index in [9.17, 15) is 15.3 Å². The third kappa shape index (κ3) is 4.45. The van der Waals surface area contributed by atoms with E-state index >= 15 is 0 Å². The highest BCUT2D eigenvalue weighted by Crippen LogP contribution is 2.38. The molecule has 3 aromatic heterocycles. The van der Waals surface area contributed by atoms with E-state index in [0.29, 0.717) is 40.8 Å². The number of fused-ring (bicyclic) bond motifs is 1. The van der Waals surface area contributed by atoms with Gasteiger partial charge in [0.15, 0.2) is 5.58 Å². The van der Waals surface area contributed by atoms with Crippen molar-refractivity contribution in [1.29, 1.82) is 0 Å². The molecule has 4 aromatic rings. The van der Waals surface area contributed by atoms with Gasteiger partial charge >= 0.3 is 0 Å². The van der Waals surface area contributed by atoms with Crippen molar-refractivity contribution in [1.82, 2.24) is 15.0 Å². The van der Waals surface area contributed by atoms with Crippen LogP contribution in [0.1, 0.15) is 23.5 Å². The Bertz CT molecular complexity index is 1360. The third-order valence-corrected chi connectivity index (χ3v) is 6.52. The molecular formula is C26H29N5O4. The van der Waals surface area contributed by atoms with Gasteiger partial charge in [-0.1, -0.05) is 18.2 Å². The van der Waals surface area contributed by atoms with Gasteiger partial charge in [0.2, 0.25) is 5.95 Å². The van der Waals surface area contributed by atoms with Gasteiger partial charge < -0.3 is 30.4 Å². The molecule has 182 valence electrons. The molecule has 5 N–H and O–H groups in total. The van der Waals surface area contributed by atoms with Crippen LogP contribution in [0.15, 0.2) is 46.9 Å². The highest BCUT2D eigenvalue weighted by molar-refractivity contribution is 5.87. The highest BCUT2D eigenvalue weighted by Gasteiger charge is 2.41. The van der Waals surface area contributed by atoms with E-state index in [-0.39, 0.29) is 6.61 Å². The average molecular weight is 476 g/mol. The van der Waals surface area contributed by atoms with Crippen LogP contribution in [0.3, 0.4) is 0 Å². The number of para-hydroxylation sites is 1. The molecule has 9 heteroatoms. The lowest BCUT2D eigenvalue weighted by atomic mass is 10.1. The zero-order valence-corrected chi connectivity index (χ0v) is 19.9. The van der Waals surface area contributed by atoms with Crippen LogP contribution >= 0.6 is 0 Å². The van der Waals surface area contributed by atoms with E-state index in [4.69, 9.17) is 9.40 Å². The summed E-state index contributed by atoms with van der Waals surface area (Å²) in [5, 5.41) is 38.0. The summed E-state index contributed by atoms with van der Waals surface area (Å²) in [5.41, 5.74) is 4.55. The first-order chi connectivity index (χ1) is 16.8. The standard InChI is InChI=1S/C26H29N5O4/c1-13-9-16-11-20(35-24(16)15(3)27-13)21-14(2)28-26(29-18-7-5-4-6-8-18)31-25(21)30-19-10-17(12-32)22(33)23(19)34/h4-9,11,17,19,22-23,32-34H,10,12H2,1-3H3,(H2,28,29,30,31). The average Bonchev–Trinajstić information content (AvgIpc) is 3.36. The predicted molar refractivity (Wildman–Crippen MR) is 134 cm³/mol. The zero-order valence-electron chi connectivity index (χ0n) is 19.9. The summed E-state index contributed by atoms with van der Waals surface area (Å²) in [5.74, 6) is 1.01. The van der Waals surface area contributed by atoms with Crippen molar-refractivity contribution >= 4 is 28.4 Å². The maximum absolute atomic E-state index is 10.6. The summed E-state index contributed by atoms with van der Waals surface area (Å²) in [7, 11) is 0. The van der Waals surface area contributed by atoms with Crippen molar-refractivity contribution < 1.29 is 19.7 Å². The second-order valence-corrected chi connectivity index (χ2v) is 9.14. The van der Waals surface area contributed by atoms with Crippen LogP contribution in [0.4, 0.5) is 17.5 Å². The molecule has 35 heavy (non-hydrogen) atoms. The highest BCUT2D eigenvalue weighted by atomic mass is 16.3. The molecule has 9 nitrogen and oxygen atoms in total. The van der Waals surface area contributed by atoms with Gasteiger partial charge in [-0.2, -0.15) is 4.98 Å². The maximum atomic E-state index is 10.6. The van der Waals surface area contributed by atoms with Crippen molar-refractivity contribution in [2.45, 2.75) is 45.4 Å². The van der Waals surface area contributed by atoms with Crippen molar-refractivity contribution in [3.05, 3.63) is 59.5 Å². The Hall–Kier alpha value is -3.53. The summed E-state index contributed by atoms with van der Waals surface area (Å²) in [4.78, 5) is 13.9. The molecule has 0 saturated heterocycles. The van der Waals surface area contributed by atoms with Crippen LogP contribution in [0.2, 0.25) is 0 Å². The molecule has 3 heterocycles. The maximum Gasteiger partial charge on any atom is 0.229 e. The summed E-state index contributed by atoms with van der Waals surface area (Å²) in [6, 6.07) is 13.0. The van der Waals surface area contributed by atoms with Gasteiger partial charge in [-0.25, -0.2) is 4.98 Å². The quantitative estimate of drug-likeness (QED) is 0.284. The minimum absolute atomic E-state index is 0.206. The van der Waals surface area contributed by atoms with Gasteiger partial charge in [0.25, 0.3) is 0 Å². The molecule has 0 bridgehead atoms. The molecule has 0 amide bonds. The molecule has 1 aliphatic carbocycles. The molecule has 0 aliphatic heterocycles. The Morgan fingerprint density at radius 1 is 0.971 bits per heavy atom. The monoisotopic (exact) mass is 475 g/mol. The third-order valence-electron chi connectivity index (χ3n) is 6.52. The first-order valence-electron chi connectivity index (χ1n) is 11.7. The van der Waals surface area contributed by atoms with Gasteiger partial charge in [0, 0.05) is 29.3 Å². The molecular weight excluding hydrogens is 446 g/mol. The summed E-state index contributed by atoms with van der Waals surface area (Å²) in [6.07, 6.45) is -1.68. The lowest BCUT2D eigenvalue weighted by Gasteiger charge is -2.21. The molecule has 1 aliphatic rings. The van der Waals surface area contributed by atoms with E-state index in [1.165, 1.54) is 0 Å². The second kappa shape index (κ2) is 9.26. The minimum atomic E-state index is -1.05. The van der Waals surface area contributed by atoms with Crippen molar-refractivity contribution in [2.75, 3.05) is 17.2 Å². The second-order valence-electron chi connectivity index (χ2n) is 9.14. The fraction of sp³-hybridized carbons (Fsp3) is 0.346. The number of rotatable bonds is 6. The Balaban J connectivity index is 1.59. The molecule has 5 rings (SSSR count). The first kappa shape index (κ1) is 23.2. The summed E-state index contributed by atoms with van der Waals surface area (Å²) in [6.45, 7) is 5.51. The topological polar surface area (TPSA) is 137 Å². The van der Waals surface area contributed by atoms with Gasteiger partial charge in [0.05, 0.1) is 29.1 Å². The number of aryl methyl sites for hydroxylation is 3. The SMILES string of the molecule is Cc1cc2cc(-c3c(C)nc(Nc4ccccc4)nc3NC3CC(CO)C(O)C3O)oc2c(C)n1. The van der Waals surface area contributed by atoms with Crippen LogP contribution in [-0.4, -0.2) is 55.1 Å². The van der Waals surface area contributed by atoms with Crippen molar-refractivity contribution in [3.63, 3.8) is 0 Å². The number of benzene rings is 1. The molecule has 4 unspecified atom stereocenters. The van der Waals surface area contributed by atoms with Gasteiger partial charge in [0.1, 0.15) is 17.7 Å². The minimum Gasteiger partial charge on any atom is -0.454 e. The zero-order chi connectivity index (χ0) is 24.7. The Morgan fingerprint density at radius 3 is 2.46 bits per heavy atom. The largest absolute Gasteiger partial charge is 0.454 e. The van der Waals surface area contributed by atoms with Gasteiger partial charge in [-0.3, -0.25) is 4.98 Å². The fourth-order valence-electron chi connectivity index (χ4n) is 4.79. The van der Waals surface area contributed by atoms with Gasteiger partial charge in [-0.15, -0.1) is 0 Å². The summed E-state index contributed by atoms with van der Waals surface area (Å²) >= 11 is 0. The van der Waals surface area contributed by atoms with E-state index in [1.54, 1.807) is 0 Å². The number of aromatic nitrogens is 3. The number of aliphatic hydroxyl groups excluding tert-OH is 3. The number of aliphatic hydroxyl groups is 3. The van der Waals surface area contributed by atoms with E-state index in [1.807, 2.05) is 63.2 Å². The number of anilines is 3. The Morgan fingerprint density at radius 2 is 1.74 bits per heavy atom. The van der Waals surface area contributed by atoms with Crippen molar-refractivity contribution in [2.24, 2.45) is 5.92 Å². The number of furan rings is 1. The lowest BCUT2D eigenvalue weighted by molar-refractivity contribution is 0.00446. The molecule has 0 spiro atoms. The fourth-order valence-corrected chi connectivity index (χ4v) is 4.79. The van der Waals surface area contributed by atoms with Gasteiger partial charge in [-0.05, 0) is 51.5 Å². The van der Waals surface area contributed by atoms with Crippen LogP contribution in [0, 0.1) is 26.7 Å². The normalized spacial score (nSPS) is 22.0. The molecule has 1 aromatic carbocycles. The number of hydrogen-bond acceptors (Lipinski definition) is 9. The Kier molecular flexibility index (Phi) is 6.14. The van der Waals surface area contributed by atoms with Crippen LogP contribution < -0.4 is 10.6 Å². The molecule has 1 fully saturated rings. The van der Waals surface area contributed by atoms with Crippen molar-refractivity contribution in [3.8, 4) is 11.3 Å². The number of hydrogen-bond donors (Lipinski definition) is 5. The summed E-state index contributed by atoms with van der Waals surface area (Å²) < 4.78 is 6.22. The molecule has 4 atom stereocenters. The lowest BCUT2D eigenvalue weighted by Crippen LogP contribution is -2.35. The van der Waals surface area contributed by atoms with E-state index in [0.717, 1.165) is 22.5 Å². The molecule has 0 radical (unpaired) electrons. The Labute approximate surface area is 202 Å². The molecule has 1 saturated carbocycles. The number of nitrogens with one attached hydrogen (secondary N) is 2. The van der Waals surface area contributed by atoms with Crippen LogP contribution in [-0.2, 0) is 0 Å². The number of nitrogens with zero attached hydrogens (tertiary/aromatic N) is 3. The first-order valence-corrected chi connectivity index (χ1v) is 11.7. The van der Waals surface area contributed by atoms with E-state index < -0.39 is 24.2 Å².